The number of benzene rings is 1. The van der Waals surface area contributed by atoms with E-state index in [1.165, 1.54) is 12.8 Å². The van der Waals surface area contributed by atoms with Gasteiger partial charge in [0.05, 0.1) is 19.1 Å². The van der Waals surface area contributed by atoms with E-state index in [2.05, 4.69) is 5.32 Å². The first-order valence-electron chi connectivity index (χ1n) is 7.01. The third kappa shape index (κ3) is 5.77. The van der Waals surface area contributed by atoms with Crippen LogP contribution in [0.4, 0.5) is 8.78 Å². The highest BCUT2D eigenvalue weighted by molar-refractivity contribution is 5.78. The molecule has 1 atom stereocenters. The molecule has 0 heterocycles. The summed E-state index contributed by atoms with van der Waals surface area (Å²) in [6.07, 6.45) is 1.28. The van der Waals surface area contributed by atoms with E-state index in [9.17, 15) is 18.7 Å². The Hall–Kier alpha value is -1.53. The van der Waals surface area contributed by atoms with Crippen molar-refractivity contribution in [2.45, 2.75) is 25.4 Å². The molecule has 0 saturated heterocycles. The fourth-order valence-electron chi connectivity index (χ4n) is 1.86. The second kappa shape index (κ2) is 7.47. The lowest BCUT2D eigenvalue weighted by Gasteiger charge is -2.12. The number of halogens is 2. The van der Waals surface area contributed by atoms with Crippen LogP contribution >= 0.6 is 0 Å². The molecule has 1 unspecified atom stereocenters. The van der Waals surface area contributed by atoms with Crippen LogP contribution in [0.3, 0.4) is 0 Å². The van der Waals surface area contributed by atoms with Crippen molar-refractivity contribution in [3.05, 3.63) is 35.4 Å². The number of rotatable bonds is 8. The zero-order valence-corrected chi connectivity index (χ0v) is 11.6. The maximum absolute atomic E-state index is 13.4. The van der Waals surface area contributed by atoms with Crippen molar-refractivity contribution in [3.8, 4) is 0 Å². The summed E-state index contributed by atoms with van der Waals surface area (Å²) in [6, 6.07) is 2.97. The van der Waals surface area contributed by atoms with E-state index in [4.69, 9.17) is 4.74 Å². The molecule has 0 spiro atoms. The van der Waals surface area contributed by atoms with Gasteiger partial charge in [-0.3, -0.25) is 4.79 Å². The zero-order chi connectivity index (χ0) is 15.2. The lowest BCUT2D eigenvalue weighted by molar-refractivity contribution is -0.121. The molecule has 1 aliphatic rings. The molecule has 1 aliphatic carbocycles. The van der Waals surface area contributed by atoms with E-state index >= 15 is 0 Å². The molecule has 4 nitrogen and oxygen atoms in total. The smallest absolute Gasteiger partial charge is 0.224 e. The minimum absolute atomic E-state index is 0.00743. The van der Waals surface area contributed by atoms with Crippen LogP contribution in [0, 0.1) is 17.6 Å². The van der Waals surface area contributed by atoms with Crippen molar-refractivity contribution in [1.29, 1.82) is 0 Å². The molecule has 1 aromatic carbocycles. The number of aliphatic hydroxyl groups is 1. The third-order valence-corrected chi connectivity index (χ3v) is 3.25. The largest absolute Gasteiger partial charge is 0.389 e. The first-order chi connectivity index (χ1) is 10.0. The summed E-state index contributed by atoms with van der Waals surface area (Å²) < 4.78 is 31.6. The highest BCUT2D eigenvalue weighted by Crippen LogP contribution is 2.28. The predicted molar refractivity (Wildman–Crippen MR) is 72.6 cm³/mol. The topological polar surface area (TPSA) is 58.6 Å². The summed E-state index contributed by atoms with van der Waals surface area (Å²) in [5, 5.41) is 12.1. The highest BCUT2D eigenvalue weighted by atomic mass is 19.1. The number of nitrogens with one attached hydrogen (secondary N) is 1. The SMILES string of the molecule is O=C(Cc1cc(F)ccc1F)NCC(O)COCC1CC1. The number of hydrogen-bond donors (Lipinski definition) is 2. The molecule has 1 fully saturated rings. The summed E-state index contributed by atoms with van der Waals surface area (Å²) in [7, 11) is 0. The van der Waals surface area contributed by atoms with Gasteiger partial charge in [0.2, 0.25) is 5.91 Å². The van der Waals surface area contributed by atoms with Crippen molar-refractivity contribution in [1.82, 2.24) is 5.32 Å². The first kappa shape index (κ1) is 15.9. The van der Waals surface area contributed by atoms with E-state index in [1.807, 2.05) is 0 Å². The number of hydrogen-bond acceptors (Lipinski definition) is 3. The molecule has 0 aromatic heterocycles. The first-order valence-corrected chi connectivity index (χ1v) is 7.01. The van der Waals surface area contributed by atoms with Gasteiger partial charge in [-0.05, 0) is 37.0 Å². The maximum atomic E-state index is 13.4. The van der Waals surface area contributed by atoms with Gasteiger partial charge < -0.3 is 15.2 Å². The molecule has 21 heavy (non-hydrogen) atoms. The second-order valence-corrected chi connectivity index (χ2v) is 5.35. The van der Waals surface area contributed by atoms with E-state index in [0.717, 1.165) is 18.2 Å². The molecule has 2 N–H and O–H groups in total. The zero-order valence-electron chi connectivity index (χ0n) is 11.6. The lowest BCUT2D eigenvalue weighted by atomic mass is 10.1. The fourth-order valence-corrected chi connectivity index (χ4v) is 1.86. The minimum Gasteiger partial charge on any atom is -0.389 e. The van der Waals surface area contributed by atoms with Crippen molar-refractivity contribution in [3.63, 3.8) is 0 Å². The summed E-state index contributed by atoms with van der Waals surface area (Å²) in [4.78, 5) is 11.6. The Morgan fingerprint density at radius 1 is 1.43 bits per heavy atom. The minimum atomic E-state index is -0.801. The summed E-state index contributed by atoms with van der Waals surface area (Å²) in [6.45, 7) is 0.824. The Labute approximate surface area is 122 Å². The van der Waals surface area contributed by atoms with E-state index in [1.54, 1.807) is 0 Å². The summed E-state index contributed by atoms with van der Waals surface area (Å²) in [5.41, 5.74) is -0.00743. The normalized spacial score (nSPS) is 15.8. The second-order valence-electron chi connectivity index (χ2n) is 5.35. The van der Waals surface area contributed by atoms with Gasteiger partial charge in [0.1, 0.15) is 11.6 Å². The van der Waals surface area contributed by atoms with Crippen LogP contribution in [-0.4, -0.2) is 36.9 Å². The van der Waals surface area contributed by atoms with Crippen LogP contribution in [0.1, 0.15) is 18.4 Å². The number of amides is 1. The molecule has 1 aromatic rings. The molecule has 0 radical (unpaired) electrons. The standard InChI is InChI=1S/C15H19F2NO3/c16-12-3-4-14(17)11(5-12)6-15(20)18-7-13(19)9-21-8-10-1-2-10/h3-5,10,13,19H,1-2,6-9H2,(H,18,20). The molecular formula is C15H19F2NO3. The van der Waals surface area contributed by atoms with Crippen molar-refractivity contribution < 1.29 is 23.4 Å². The van der Waals surface area contributed by atoms with Crippen LogP contribution in [-0.2, 0) is 16.0 Å². The van der Waals surface area contributed by atoms with Crippen molar-refractivity contribution in [2.24, 2.45) is 5.92 Å². The predicted octanol–water partition coefficient (Wildman–Crippen LogP) is 1.41. The summed E-state index contributed by atoms with van der Waals surface area (Å²) >= 11 is 0. The van der Waals surface area contributed by atoms with Crippen molar-refractivity contribution in [2.75, 3.05) is 19.8 Å². The quantitative estimate of drug-likeness (QED) is 0.763. The van der Waals surface area contributed by atoms with Gasteiger partial charge in [-0.1, -0.05) is 0 Å². The average Bonchev–Trinajstić information content (AvgIpc) is 3.25. The van der Waals surface area contributed by atoms with Crippen LogP contribution in [0.5, 0.6) is 0 Å². The number of carbonyl (C=O) groups excluding carboxylic acids is 1. The number of carbonyl (C=O) groups is 1. The number of aliphatic hydroxyl groups excluding tert-OH is 1. The molecule has 6 heteroatoms. The van der Waals surface area contributed by atoms with Crippen LogP contribution in [0.15, 0.2) is 18.2 Å². The molecule has 1 saturated carbocycles. The Kier molecular flexibility index (Phi) is 5.64. The Bertz CT molecular complexity index is 492. The lowest BCUT2D eigenvalue weighted by Crippen LogP contribution is -2.35. The van der Waals surface area contributed by atoms with Gasteiger partial charge in [-0.2, -0.15) is 0 Å². The van der Waals surface area contributed by atoms with E-state index in [0.29, 0.717) is 12.5 Å². The molecular weight excluding hydrogens is 280 g/mol. The fraction of sp³-hybridized carbons (Fsp3) is 0.533. The maximum Gasteiger partial charge on any atom is 0.224 e. The number of ether oxygens (including phenoxy) is 1. The highest BCUT2D eigenvalue weighted by Gasteiger charge is 2.21. The Balaban J connectivity index is 1.67. The molecule has 0 aliphatic heterocycles. The Morgan fingerprint density at radius 3 is 2.90 bits per heavy atom. The molecule has 116 valence electrons. The van der Waals surface area contributed by atoms with Crippen LogP contribution in [0.25, 0.3) is 0 Å². The van der Waals surface area contributed by atoms with Gasteiger partial charge in [0, 0.05) is 18.7 Å². The van der Waals surface area contributed by atoms with Gasteiger partial charge in [-0.25, -0.2) is 8.78 Å². The van der Waals surface area contributed by atoms with Crippen LogP contribution < -0.4 is 5.32 Å². The van der Waals surface area contributed by atoms with E-state index in [-0.39, 0.29) is 25.1 Å². The van der Waals surface area contributed by atoms with E-state index < -0.39 is 23.6 Å². The van der Waals surface area contributed by atoms with Gasteiger partial charge in [0.15, 0.2) is 0 Å². The van der Waals surface area contributed by atoms with Crippen molar-refractivity contribution >= 4 is 5.91 Å². The van der Waals surface area contributed by atoms with Gasteiger partial charge >= 0.3 is 0 Å². The molecule has 1 amide bonds. The Morgan fingerprint density at radius 2 is 2.19 bits per heavy atom. The average molecular weight is 299 g/mol. The monoisotopic (exact) mass is 299 g/mol. The van der Waals surface area contributed by atoms with Gasteiger partial charge in [0.25, 0.3) is 0 Å². The molecule has 0 bridgehead atoms. The van der Waals surface area contributed by atoms with Crippen LogP contribution in [0.2, 0.25) is 0 Å². The third-order valence-electron chi connectivity index (χ3n) is 3.25. The van der Waals surface area contributed by atoms with Gasteiger partial charge in [-0.15, -0.1) is 0 Å². The molecule has 2 rings (SSSR count). The summed E-state index contributed by atoms with van der Waals surface area (Å²) in [5.74, 6) is -1.07.